The van der Waals surface area contributed by atoms with E-state index in [9.17, 15) is 14.4 Å². The first-order chi connectivity index (χ1) is 12.8. The number of hydrogen-bond donors (Lipinski definition) is 3. The second-order valence-electron chi connectivity index (χ2n) is 6.19. The Kier molecular flexibility index (Phi) is 5.72. The zero-order chi connectivity index (χ0) is 19.6. The first-order valence-electron chi connectivity index (χ1n) is 8.28. The summed E-state index contributed by atoms with van der Waals surface area (Å²) in [6, 6.07) is 5.82. The van der Waals surface area contributed by atoms with E-state index >= 15 is 0 Å². The molecule has 1 aromatic carbocycles. The third kappa shape index (κ3) is 4.43. The highest BCUT2D eigenvalue weighted by Crippen LogP contribution is 2.29. The Bertz CT molecular complexity index is 958. The molecule has 1 atom stereocenters. The summed E-state index contributed by atoms with van der Waals surface area (Å²) in [6.45, 7) is -0.252. The van der Waals surface area contributed by atoms with Crippen LogP contribution in [0.3, 0.4) is 0 Å². The molecule has 0 radical (unpaired) electrons. The molecule has 0 bridgehead atoms. The number of pyridine rings is 1. The molecule has 9 heteroatoms. The zero-order valence-corrected chi connectivity index (χ0v) is 15.7. The van der Waals surface area contributed by atoms with Crippen LogP contribution in [-0.2, 0) is 11.2 Å². The number of H-pyrrole nitrogens is 1. The summed E-state index contributed by atoms with van der Waals surface area (Å²) >= 11 is 11.9. The third-order valence-corrected chi connectivity index (χ3v) is 4.85. The van der Waals surface area contributed by atoms with Gasteiger partial charge in [-0.05, 0) is 43.0 Å². The Morgan fingerprint density at radius 2 is 2.07 bits per heavy atom. The molecule has 0 aliphatic heterocycles. The minimum atomic E-state index is -0.811. The number of benzene rings is 1. The second kappa shape index (κ2) is 8.02. The Labute approximate surface area is 164 Å². The normalized spacial score (nSPS) is 15.7. The van der Waals surface area contributed by atoms with Crippen molar-refractivity contribution in [2.45, 2.75) is 25.3 Å². The first kappa shape index (κ1) is 19.3. The van der Waals surface area contributed by atoms with Gasteiger partial charge >= 0.3 is 0 Å². The molecule has 142 valence electrons. The number of nitrogens with two attached hydrogens (primary N) is 1. The van der Waals surface area contributed by atoms with Gasteiger partial charge in [-0.25, -0.2) is 0 Å². The summed E-state index contributed by atoms with van der Waals surface area (Å²) in [7, 11) is 0. The van der Waals surface area contributed by atoms with Crippen LogP contribution in [0.4, 0.5) is 0 Å². The van der Waals surface area contributed by atoms with Gasteiger partial charge in [0.2, 0.25) is 0 Å². The van der Waals surface area contributed by atoms with Gasteiger partial charge in [0.1, 0.15) is 11.3 Å². The zero-order valence-electron chi connectivity index (χ0n) is 14.2. The van der Waals surface area contributed by atoms with Crippen LogP contribution in [0.25, 0.3) is 0 Å². The van der Waals surface area contributed by atoms with E-state index in [-0.39, 0.29) is 24.1 Å². The quantitative estimate of drug-likeness (QED) is 0.702. The van der Waals surface area contributed by atoms with Crippen molar-refractivity contribution in [1.82, 2.24) is 10.3 Å². The predicted octanol–water partition coefficient (Wildman–Crippen LogP) is 2.35. The van der Waals surface area contributed by atoms with Crippen LogP contribution in [0.15, 0.2) is 29.1 Å². The van der Waals surface area contributed by atoms with Crippen LogP contribution in [0.5, 0.6) is 5.75 Å². The van der Waals surface area contributed by atoms with Crippen molar-refractivity contribution in [2.24, 2.45) is 5.73 Å². The van der Waals surface area contributed by atoms with Crippen molar-refractivity contribution in [1.29, 1.82) is 0 Å². The monoisotopic (exact) mass is 409 g/mol. The molecule has 0 spiro atoms. The maximum Gasteiger partial charge on any atom is 0.261 e. The lowest BCUT2D eigenvalue weighted by molar-refractivity contribution is -0.123. The molecule has 27 heavy (non-hydrogen) atoms. The molecule has 7 nitrogen and oxygen atoms in total. The maximum atomic E-state index is 12.3. The van der Waals surface area contributed by atoms with Crippen molar-refractivity contribution in [3.8, 4) is 5.75 Å². The highest BCUT2D eigenvalue weighted by molar-refractivity contribution is 6.34. The van der Waals surface area contributed by atoms with Crippen molar-refractivity contribution >= 4 is 35.0 Å². The van der Waals surface area contributed by atoms with E-state index in [2.05, 4.69) is 10.3 Å². The van der Waals surface area contributed by atoms with Gasteiger partial charge in [-0.15, -0.1) is 0 Å². The summed E-state index contributed by atoms with van der Waals surface area (Å²) in [5.74, 6) is -0.868. The van der Waals surface area contributed by atoms with Crippen molar-refractivity contribution in [3.63, 3.8) is 0 Å². The molecule has 2 aromatic rings. The summed E-state index contributed by atoms with van der Waals surface area (Å²) in [4.78, 5) is 38.3. The molecular formula is C18H17Cl2N3O4. The van der Waals surface area contributed by atoms with Crippen LogP contribution in [0.2, 0.25) is 10.0 Å². The predicted molar refractivity (Wildman–Crippen MR) is 101 cm³/mol. The topological polar surface area (TPSA) is 114 Å². The number of fused-ring (bicyclic) bond motifs is 1. The number of primary amides is 1. The summed E-state index contributed by atoms with van der Waals surface area (Å²) in [6.07, 6.45) is 2.11. The number of ether oxygens (including phenoxy) is 1. The van der Waals surface area contributed by atoms with E-state index in [0.29, 0.717) is 39.9 Å². The number of rotatable bonds is 5. The summed E-state index contributed by atoms with van der Waals surface area (Å²) < 4.78 is 5.43. The van der Waals surface area contributed by atoms with E-state index in [1.54, 1.807) is 12.1 Å². The lowest BCUT2D eigenvalue weighted by Crippen LogP contribution is -2.36. The van der Waals surface area contributed by atoms with Crippen LogP contribution < -0.4 is 21.3 Å². The molecule has 2 amide bonds. The highest BCUT2D eigenvalue weighted by Gasteiger charge is 2.25. The van der Waals surface area contributed by atoms with Crippen LogP contribution in [0, 0.1) is 0 Å². The number of hydrogen-bond acceptors (Lipinski definition) is 4. The van der Waals surface area contributed by atoms with Crippen LogP contribution in [-0.4, -0.2) is 23.4 Å². The Morgan fingerprint density at radius 1 is 1.30 bits per heavy atom. The average molecular weight is 410 g/mol. The van der Waals surface area contributed by atoms with Gasteiger partial charge < -0.3 is 20.8 Å². The molecule has 0 saturated carbocycles. The number of halogens is 2. The number of aromatic nitrogens is 1. The van der Waals surface area contributed by atoms with E-state index in [1.807, 2.05) is 0 Å². The summed E-state index contributed by atoms with van der Waals surface area (Å²) in [5.41, 5.74) is 5.97. The molecule has 3 rings (SSSR count). The Hall–Kier alpha value is -2.51. The number of carbonyl (C=O) groups excluding carboxylic acids is 2. The van der Waals surface area contributed by atoms with Gasteiger partial charge in [0.15, 0.2) is 6.61 Å². The molecular weight excluding hydrogens is 393 g/mol. The highest BCUT2D eigenvalue weighted by atomic mass is 35.5. The second-order valence-corrected chi connectivity index (χ2v) is 7.03. The van der Waals surface area contributed by atoms with Crippen molar-refractivity contribution < 1.29 is 14.3 Å². The number of aromatic amines is 1. The molecule has 0 saturated heterocycles. The fourth-order valence-electron chi connectivity index (χ4n) is 3.04. The fourth-order valence-corrected chi connectivity index (χ4v) is 3.38. The maximum absolute atomic E-state index is 12.3. The fraction of sp³-hybridized carbons (Fsp3) is 0.278. The van der Waals surface area contributed by atoms with Gasteiger partial charge in [-0.3, -0.25) is 14.4 Å². The molecule has 1 aliphatic carbocycles. The molecule has 0 fully saturated rings. The van der Waals surface area contributed by atoms with E-state index in [1.165, 1.54) is 12.1 Å². The Morgan fingerprint density at radius 3 is 2.81 bits per heavy atom. The van der Waals surface area contributed by atoms with Crippen LogP contribution in [0.1, 0.15) is 40.5 Å². The average Bonchev–Trinajstić information content (AvgIpc) is 2.62. The van der Waals surface area contributed by atoms with Crippen molar-refractivity contribution in [2.75, 3.05) is 6.61 Å². The number of amides is 2. The van der Waals surface area contributed by atoms with E-state index in [4.69, 9.17) is 33.7 Å². The number of nitrogens with one attached hydrogen (secondary N) is 2. The molecule has 1 unspecified atom stereocenters. The van der Waals surface area contributed by atoms with E-state index in [0.717, 1.165) is 6.42 Å². The minimum Gasteiger partial charge on any atom is -0.482 e. The number of carbonyl (C=O) groups is 2. The molecule has 4 N–H and O–H groups in total. The molecule has 1 heterocycles. The largest absolute Gasteiger partial charge is 0.482 e. The van der Waals surface area contributed by atoms with Gasteiger partial charge in [-0.2, -0.15) is 0 Å². The van der Waals surface area contributed by atoms with Gasteiger partial charge in [0, 0.05) is 16.8 Å². The van der Waals surface area contributed by atoms with E-state index < -0.39 is 11.5 Å². The van der Waals surface area contributed by atoms with Gasteiger partial charge in [-0.1, -0.05) is 23.2 Å². The van der Waals surface area contributed by atoms with Crippen molar-refractivity contribution in [3.05, 3.63) is 61.5 Å². The van der Waals surface area contributed by atoms with Crippen LogP contribution >= 0.6 is 23.2 Å². The smallest absolute Gasteiger partial charge is 0.261 e. The van der Waals surface area contributed by atoms with Gasteiger partial charge in [0.25, 0.3) is 17.4 Å². The molecule has 1 aromatic heterocycles. The number of aryl methyl sites for hydroxylation is 1. The Balaban J connectivity index is 1.72. The molecule has 1 aliphatic rings. The summed E-state index contributed by atoms with van der Waals surface area (Å²) in [5, 5.41) is 3.64. The first-order valence-corrected chi connectivity index (χ1v) is 9.04. The lowest BCUT2D eigenvalue weighted by atomic mass is 9.90. The minimum absolute atomic E-state index is 0.128. The lowest BCUT2D eigenvalue weighted by Gasteiger charge is -2.26. The van der Waals surface area contributed by atoms with Gasteiger partial charge in [0.05, 0.1) is 11.1 Å². The SMILES string of the molecule is NC(=O)c1cc2c([nH]c1=O)CCCC2NC(=O)COc1cc(Cl)ccc1Cl. The third-order valence-electron chi connectivity index (χ3n) is 4.31. The standard InChI is InChI=1S/C18H17Cl2N3O4/c19-9-4-5-12(20)15(6-9)27-8-16(24)22-13-2-1-3-14-10(13)7-11(17(21)25)18(26)23-14/h4-7,13H,1-3,8H2,(H2,21,25)(H,22,24)(H,23,26).